The van der Waals surface area contributed by atoms with Gasteiger partial charge in [-0.1, -0.05) is 29.8 Å². The van der Waals surface area contributed by atoms with E-state index < -0.39 is 10.8 Å². The lowest BCUT2D eigenvalue weighted by molar-refractivity contribution is -0.115. The van der Waals surface area contributed by atoms with Crippen LogP contribution < -0.4 is 0 Å². The number of ketones is 2. The van der Waals surface area contributed by atoms with E-state index in [0.29, 0.717) is 16.0 Å². The lowest BCUT2D eigenvalue weighted by Crippen LogP contribution is -2.24. The Labute approximate surface area is 130 Å². The molecule has 3 atom stereocenters. The zero-order valence-corrected chi connectivity index (χ0v) is 12.9. The van der Waals surface area contributed by atoms with E-state index in [1.54, 1.807) is 12.1 Å². The number of hydrogen-bond donors (Lipinski definition) is 0. The molecule has 0 fully saturated rings. The first-order valence-electron chi connectivity index (χ1n) is 7.28. The predicted octanol–water partition coefficient (Wildman–Crippen LogP) is 2.64. The molecule has 22 heavy (non-hydrogen) atoms. The van der Waals surface area contributed by atoms with Crippen LogP contribution in [-0.2, 0) is 20.4 Å². The van der Waals surface area contributed by atoms with Crippen LogP contribution >= 0.6 is 0 Å². The van der Waals surface area contributed by atoms with E-state index in [0.717, 1.165) is 12.0 Å². The second-order valence-electron chi connectivity index (χ2n) is 5.94. The van der Waals surface area contributed by atoms with Crippen LogP contribution in [-0.4, -0.2) is 15.8 Å². The summed E-state index contributed by atoms with van der Waals surface area (Å²) in [5, 5.41) is 0. The Bertz CT molecular complexity index is 824. The maximum Gasteiger partial charge on any atom is 0.199 e. The van der Waals surface area contributed by atoms with Gasteiger partial charge in [-0.05, 0) is 25.5 Å². The summed E-state index contributed by atoms with van der Waals surface area (Å²) in [4.78, 5) is 25.8. The van der Waals surface area contributed by atoms with Gasteiger partial charge in [0.1, 0.15) is 0 Å². The number of rotatable bonds is 2. The van der Waals surface area contributed by atoms with E-state index in [-0.39, 0.29) is 28.3 Å². The summed E-state index contributed by atoms with van der Waals surface area (Å²) < 4.78 is 12.7. The van der Waals surface area contributed by atoms with Crippen molar-refractivity contribution in [1.29, 1.82) is 0 Å². The highest BCUT2D eigenvalue weighted by Crippen LogP contribution is 2.47. The molecule has 0 N–H and O–H groups in total. The highest BCUT2D eigenvalue weighted by molar-refractivity contribution is 7.90. The van der Waals surface area contributed by atoms with Crippen molar-refractivity contribution in [2.75, 3.05) is 0 Å². The predicted molar refractivity (Wildman–Crippen MR) is 83.4 cm³/mol. The van der Waals surface area contributed by atoms with E-state index in [9.17, 15) is 13.8 Å². The molecule has 1 aromatic carbocycles. The zero-order valence-electron chi connectivity index (χ0n) is 12.0. The molecule has 0 saturated heterocycles. The zero-order chi connectivity index (χ0) is 15.4. The molecule has 0 amide bonds. The van der Waals surface area contributed by atoms with Crippen LogP contribution in [0.5, 0.6) is 0 Å². The molecule has 1 aromatic rings. The Kier molecular flexibility index (Phi) is 2.91. The minimum atomic E-state index is -1.61. The quantitative estimate of drug-likeness (QED) is 0.623. The minimum absolute atomic E-state index is 0.0233. The summed E-state index contributed by atoms with van der Waals surface area (Å²) in [6.45, 7) is 1.94. The molecule has 0 saturated carbocycles. The highest BCUT2D eigenvalue weighted by Gasteiger charge is 2.45. The van der Waals surface area contributed by atoms with E-state index in [1.807, 2.05) is 31.2 Å². The fourth-order valence-corrected chi connectivity index (χ4v) is 4.58. The Morgan fingerprint density at radius 2 is 1.64 bits per heavy atom. The van der Waals surface area contributed by atoms with Gasteiger partial charge in [-0.25, -0.2) is 4.21 Å². The number of Topliss-reactive ketones (excluding diaryl/α,β-unsaturated/α-hetero) is 1. The molecule has 2 bridgehead atoms. The SMILES string of the molecule is Cc1ccc(S(=O)C2=CC(=O)C3=C(C2=O)[C@H]2C=C[C@@H]3C2)cc1. The summed E-state index contributed by atoms with van der Waals surface area (Å²) in [6, 6.07) is 7.20. The van der Waals surface area contributed by atoms with E-state index in [2.05, 4.69) is 0 Å². The summed E-state index contributed by atoms with van der Waals surface area (Å²) in [6.07, 6.45) is 6.09. The second-order valence-corrected chi connectivity index (χ2v) is 7.39. The molecular weight excluding hydrogens is 296 g/mol. The van der Waals surface area contributed by atoms with Crippen LogP contribution in [0.2, 0.25) is 0 Å². The molecular formula is C18H14O3S. The number of aryl methyl sites for hydroxylation is 1. The van der Waals surface area contributed by atoms with Gasteiger partial charge in [0, 0.05) is 34.0 Å². The lowest BCUT2D eigenvalue weighted by atomic mass is 9.87. The van der Waals surface area contributed by atoms with Gasteiger partial charge in [-0.15, -0.1) is 0 Å². The van der Waals surface area contributed by atoms with Gasteiger partial charge in [0.2, 0.25) is 0 Å². The van der Waals surface area contributed by atoms with Crippen molar-refractivity contribution in [1.82, 2.24) is 0 Å². The van der Waals surface area contributed by atoms with Crippen LogP contribution in [0, 0.1) is 18.8 Å². The van der Waals surface area contributed by atoms with Crippen LogP contribution in [0.25, 0.3) is 0 Å². The number of carbonyl (C=O) groups is 2. The normalized spacial score (nSPS) is 27.2. The van der Waals surface area contributed by atoms with E-state index in [4.69, 9.17) is 0 Å². The number of hydrogen-bond acceptors (Lipinski definition) is 3. The Morgan fingerprint density at radius 3 is 2.32 bits per heavy atom. The average Bonchev–Trinajstić information content (AvgIpc) is 3.12. The molecule has 0 spiro atoms. The molecule has 0 radical (unpaired) electrons. The van der Waals surface area contributed by atoms with Gasteiger partial charge < -0.3 is 0 Å². The molecule has 3 nitrogen and oxygen atoms in total. The molecule has 4 heteroatoms. The van der Waals surface area contributed by atoms with Crippen molar-refractivity contribution < 1.29 is 13.8 Å². The van der Waals surface area contributed by atoms with Crippen LogP contribution in [0.15, 0.2) is 63.4 Å². The second kappa shape index (κ2) is 4.71. The third-order valence-electron chi connectivity index (χ3n) is 4.55. The van der Waals surface area contributed by atoms with Gasteiger partial charge in [0.15, 0.2) is 11.6 Å². The number of benzene rings is 1. The highest BCUT2D eigenvalue weighted by atomic mass is 32.2. The number of fused-ring (bicyclic) bond motifs is 4. The smallest absolute Gasteiger partial charge is 0.199 e. The van der Waals surface area contributed by atoms with Crippen molar-refractivity contribution in [3.63, 3.8) is 0 Å². The van der Waals surface area contributed by atoms with Gasteiger partial charge in [-0.3, -0.25) is 9.59 Å². The molecule has 0 aliphatic heterocycles. The van der Waals surface area contributed by atoms with Crippen molar-refractivity contribution in [2.45, 2.75) is 18.2 Å². The van der Waals surface area contributed by atoms with Crippen molar-refractivity contribution in [2.24, 2.45) is 11.8 Å². The molecule has 110 valence electrons. The van der Waals surface area contributed by atoms with Gasteiger partial charge in [0.25, 0.3) is 0 Å². The van der Waals surface area contributed by atoms with Crippen molar-refractivity contribution in [3.8, 4) is 0 Å². The first kappa shape index (κ1) is 13.6. The van der Waals surface area contributed by atoms with Crippen LogP contribution in [0.4, 0.5) is 0 Å². The van der Waals surface area contributed by atoms with Crippen LogP contribution in [0.3, 0.4) is 0 Å². The van der Waals surface area contributed by atoms with E-state index >= 15 is 0 Å². The fourth-order valence-electron chi connectivity index (χ4n) is 3.45. The molecule has 4 rings (SSSR count). The van der Waals surface area contributed by atoms with Crippen molar-refractivity contribution in [3.05, 3.63) is 64.1 Å². The average molecular weight is 310 g/mol. The molecule has 1 unspecified atom stereocenters. The Balaban J connectivity index is 1.72. The van der Waals surface area contributed by atoms with Crippen molar-refractivity contribution >= 4 is 22.4 Å². The maximum absolute atomic E-state index is 12.7. The number of allylic oxidation sites excluding steroid dienone is 6. The summed E-state index contributed by atoms with van der Waals surface area (Å²) in [5.74, 6) is -0.274. The Hall–Kier alpha value is -2.07. The van der Waals surface area contributed by atoms with E-state index in [1.165, 1.54) is 6.08 Å². The molecule has 3 aliphatic carbocycles. The standard InChI is InChI=1S/C18H14O3S/c1-10-2-6-13(7-3-10)22(21)15-9-14(19)16-11-4-5-12(8-11)17(16)18(15)20/h2-7,9,11-12H,8H2,1H3/t11-,12+,22?/m1/s1. The first-order chi connectivity index (χ1) is 10.6. The van der Waals surface area contributed by atoms with Crippen LogP contribution in [0.1, 0.15) is 12.0 Å². The minimum Gasteiger partial charge on any atom is -0.290 e. The molecule has 0 aromatic heterocycles. The van der Waals surface area contributed by atoms with Gasteiger partial charge >= 0.3 is 0 Å². The molecule has 3 aliphatic rings. The van der Waals surface area contributed by atoms with Gasteiger partial charge in [0.05, 0.1) is 15.7 Å². The summed E-state index contributed by atoms with van der Waals surface area (Å²) in [7, 11) is -1.61. The topological polar surface area (TPSA) is 51.2 Å². The third kappa shape index (κ3) is 1.83. The lowest BCUT2D eigenvalue weighted by Gasteiger charge is -2.19. The largest absolute Gasteiger partial charge is 0.290 e. The van der Waals surface area contributed by atoms with Gasteiger partial charge in [-0.2, -0.15) is 0 Å². The third-order valence-corrected chi connectivity index (χ3v) is 5.95. The fraction of sp³-hybridized carbons (Fsp3) is 0.222. The Morgan fingerprint density at radius 1 is 1.00 bits per heavy atom. The maximum atomic E-state index is 12.7. The number of carbonyl (C=O) groups excluding carboxylic acids is 2. The first-order valence-corrected chi connectivity index (χ1v) is 8.43. The summed E-state index contributed by atoms with van der Waals surface area (Å²) in [5.41, 5.74) is 2.27. The monoisotopic (exact) mass is 310 g/mol. The summed E-state index contributed by atoms with van der Waals surface area (Å²) >= 11 is 0. The molecule has 0 heterocycles.